The molecule has 0 radical (unpaired) electrons. The number of amides is 2. The van der Waals surface area contributed by atoms with Gasteiger partial charge in [-0.1, -0.05) is 36.0 Å². The summed E-state index contributed by atoms with van der Waals surface area (Å²) in [7, 11) is -3.63. The van der Waals surface area contributed by atoms with Crippen molar-refractivity contribution in [2.45, 2.75) is 60.2 Å². The Labute approximate surface area is 218 Å². The number of aryl methyl sites for hydroxylation is 1. The second kappa shape index (κ2) is 11.0. The van der Waals surface area contributed by atoms with Gasteiger partial charge in [-0.05, 0) is 50.3 Å². The van der Waals surface area contributed by atoms with E-state index in [-0.39, 0.29) is 28.9 Å². The molecule has 3 aromatic rings. The number of nitrogens with one attached hydrogen (secondary N) is 1. The van der Waals surface area contributed by atoms with E-state index in [1.165, 1.54) is 23.5 Å². The number of nitrogens with zero attached hydrogens (tertiary/aromatic N) is 3. The maximum absolute atomic E-state index is 13.0. The zero-order chi connectivity index (χ0) is 25.9. The maximum atomic E-state index is 13.0. The number of thiophene rings is 1. The van der Waals surface area contributed by atoms with E-state index in [0.717, 1.165) is 47.9 Å². The molecule has 1 aromatic carbocycles. The lowest BCUT2D eigenvalue weighted by Gasteiger charge is -2.13. The highest BCUT2D eigenvalue weighted by Gasteiger charge is 2.28. The molecule has 0 fully saturated rings. The lowest BCUT2D eigenvalue weighted by atomic mass is 9.95. The van der Waals surface area contributed by atoms with Gasteiger partial charge < -0.3 is 15.6 Å². The fourth-order valence-corrected chi connectivity index (χ4v) is 7.51. The summed E-state index contributed by atoms with van der Waals surface area (Å²) in [4.78, 5) is 26.5. The number of primary amides is 1. The number of allylic oxidation sites excluding steroid dienone is 1. The normalized spacial score (nSPS) is 14.1. The lowest BCUT2D eigenvalue weighted by Crippen LogP contribution is -2.24. The number of hydrogen-bond donors (Lipinski definition) is 2. The van der Waals surface area contributed by atoms with Crippen LogP contribution in [-0.4, -0.2) is 40.2 Å². The Hall–Kier alpha value is -2.96. The van der Waals surface area contributed by atoms with E-state index in [4.69, 9.17) is 5.73 Å². The summed E-state index contributed by atoms with van der Waals surface area (Å²) >= 11 is 2.56. The van der Waals surface area contributed by atoms with Gasteiger partial charge in [0.05, 0.1) is 15.7 Å². The summed E-state index contributed by atoms with van der Waals surface area (Å²) in [5, 5.41) is 11.4. The molecule has 1 atom stereocenters. The second-order valence-electron chi connectivity index (χ2n) is 8.40. The summed E-state index contributed by atoms with van der Waals surface area (Å²) in [6.45, 7) is 5.74. The van der Waals surface area contributed by atoms with Crippen molar-refractivity contribution in [2.75, 3.05) is 5.32 Å². The molecule has 0 spiro atoms. The molecule has 190 valence electrons. The van der Waals surface area contributed by atoms with E-state index < -0.39 is 21.0 Å². The molecule has 0 bridgehead atoms. The van der Waals surface area contributed by atoms with Crippen molar-refractivity contribution in [3.63, 3.8) is 0 Å². The van der Waals surface area contributed by atoms with Crippen LogP contribution in [0.2, 0.25) is 0 Å². The van der Waals surface area contributed by atoms with E-state index in [1.807, 2.05) is 0 Å². The van der Waals surface area contributed by atoms with Crippen LogP contribution in [0.1, 0.15) is 46.4 Å². The first-order chi connectivity index (χ1) is 17.2. The molecule has 0 saturated heterocycles. The van der Waals surface area contributed by atoms with Crippen LogP contribution in [0.4, 0.5) is 5.00 Å². The van der Waals surface area contributed by atoms with E-state index >= 15 is 0 Å². The number of nitrogens with two attached hydrogens (primary N) is 1. The molecule has 36 heavy (non-hydrogen) atoms. The Morgan fingerprint density at radius 1 is 1.25 bits per heavy atom. The molecule has 2 aromatic heterocycles. The fraction of sp³-hybridized carbons (Fsp3) is 0.333. The van der Waals surface area contributed by atoms with Gasteiger partial charge in [0.25, 0.3) is 5.91 Å². The number of benzene rings is 1. The Morgan fingerprint density at radius 3 is 2.67 bits per heavy atom. The van der Waals surface area contributed by atoms with Gasteiger partial charge >= 0.3 is 0 Å². The predicted molar refractivity (Wildman–Crippen MR) is 141 cm³/mol. The highest BCUT2D eigenvalue weighted by atomic mass is 32.2. The van der Waals surface area contributed by atoms with Gasteiger partial charge in [0, 0.05) is 11.4 Å². The molecule has 4 rings (SSSR count). The smallest absolute Gasteiger partial charge is 0.251 e. The average Bonchev–Trinajstić information content (AvgIpc) is 3.40. The molecule has 1 aliphatic rings. The van der Waals surface area contributed by atoms with E-state index in [2.05, 4.69) is 22.1 Å². The Bertz CT molecular complexity index is 1400. The number of carbonyl (C=O) groups is 2. The van der Waals surface area contributed by atoms with Crippen molar-refractivity contribution in [3.05, 3.63) is 64.8 Å². The number of carbonyl (C=O) groups excluding carboxylic acids is 2. The van der Waals surface area contributed by atoms with Crippen LogP contribution in [-0.2, 0) is 39.8 Å². The minimum absolute atomic E-state index is 0.198. The number of hydrogen-bond acceptors (Lipinski definition) is 8. The van der Waals surface area contributed by atoms with Crippen LogP contribution in [0, 0.1) is 0 Å². The van der Waals surface area contributed by atoms with Gasteiger partial charge in [-0.25, -0.2) is 8.42 Å². The van der Waals surface area contributed by atoms with Gasteiger partial charge in [0.2, 0.25) is 5.91 Å². The topological polar surface area (TPSA) is 137 Å². The molecule has 1 unspecified atom stereocenters. The van der Waals surface area contributed by atoms with E-state index in [0.29, 0.717) is 15.7 Å². The Balaban J connectivity index is 1.52. The monoisotopic (exact) mass is 545 g/mol. The molecule has 12 heteroatoms. The van der Waals surface area contributed by atoms with Gasteiger partial charge in [-0.3, -0.25) is 9.59 Å². The fourth-order valence-electron chi connectivity index (χ4n) is 4.05. The third-order valence-corrected chi connectivity index (χ3v) is 9.75. The van der Waals surface area contributed by atoms with E-state index in [9.17, 15) is 18.0 Å². The van der Waals surface area contributed by atoms with Crippen molar-refractivity contribution in [1.82, 2.24) is 14.8 Å². The zero-order valence-electron chi connectivity index (χ0n) is 19.8. The van der Waals surface area contributed by atoms with Crippen LogP contribution >= 0.6 is 23.1 Å². The Morgan fingerprint density at radius 2 is 1.97 bits per heavy atom. The Kier molecular flexibility index (Phi) is 7.96. The van der Waals surface area contributed by atoms with Crippen LogP contribution in [0.15, 0.2) is 53.0 Å². The molecule has 2 heterocycles. The molecule has 9 nitrogen and oxygen atoms in total. The van der Waals surface area contributed by atoms with Crippen molar-refractivity contribution >= 4 is 49.8 Å². The first kappa shape index (κ1) is 26.1. The van der Waals surface area contributed by atoms with Gasteiger partial charge in [-0.2, -0.15) is 0 Å². The van der Waals surface area contributed by atoms with Crippen molar-refractivity contribution < 1.29 is 18.0 Å². The number of aromatic nitrogens is 3. The van der Waals surface area contributed by atoms with E-state index in [1.54, 1.807) is 35.8 Å². The summed E-state index contributed by atoms with van der Waals surface area (Å²) < 4.78 is 27.4. The van der Waals surface area contributed by atoms with Crippen molar-refractivity contribution in [3.8, 4) is 0 Å². The lowest BCUT2D eigenvalue weighted by molar-refractivity contribution is -0.115. The second-order valence-corrected chi connectivity index (χ2v) is 12.8. The summed E-state index contributed by atoms with van der Waals surface area (Å²) in [6, 6.07) is 8.15. The third-order valence-electron chi connectivity index (χ3n) is 5.83. The molecule has 2 amide bonds. The largest absolute Gasteiger partial charge is 0.365 e. The minimum Gasteiger partial charge on any atom is -0.365 e. The highest BCUT2D eigenvalue weighted by Crippen LogP contribution is 2.38. The molecular formula is C24H27N5O4S3. The summed E-state index contributed by atoms with van der Waals surface area (Å²) in [5.41, 5.74) is 6.99. The van der Waals surface area contributed by atoms with Crippen molar-refractivity contribution in [1.29, 1.82) is 0 Å². The van der Waals surface area contributed by atoms with Crippen LogP contribution in [0.25, 0.3) is 0 Å². The van der Waals surface area contributed by atoms with Crippen molar-refractivity contribution in [2.24, 2.45) is 5.73 Å². The first-order valence-electron chi connectivity index (χ1n) is 11.4. The van der Waals surface area contributed by atoms with Crippen LogP contribution < -0.4 is 11.1 Å². The number of anilines is 1. The summed E-state index contributed by atoms with van der Waals surface area (Å²) in [5.74, 6) is -0.926. The highest BCUT2D eigenvalue weighted by molar-refractivity contribution is 8.00. The number of sulfone groups is 1. The third kappa shape index (κ3) is 5.55. The SMILES string of the molecule is C=CCn1c(CS(=O)(=O)c2ccccc2)nnc1SC(C)C(=O)Nc1sc2c(c1C(N)=O)CCCC2. The van der Waals surface area contributed by atoms with Gasteiger partial charge in [0.15, 0.2) is 15.0 Å². The molecular weight excluding hydrogens is 518 g/mol. The van der Waals surface area contributed by atoms with Crippen LogP contribution in [0.5, 0.6) is 0 Å². The molecule has 1 aliphatic carbocycles. The minimum atomic E-state index is -3.63. The molecule has 3 N–H and O–H groups in total. The van der Waals surface area contributed by atoms with Gasteiger partial charge in [0.1, 0.15) is 16.6 Å². The predicted octanol–water partition coefficient (Wildman–Crippen LogP) is 3.60. The number of rotatable bonds is 10. The standard InChI is InChI=1S/C24H27N5O4S3/c1-3-13-29-19(14-36(32,33)16-9-5-4-6-10-16)27-28-24(29)34-15(2)22(31)26-23-20(21(25)30)17-11-7-8-12-18(17)35-23/h3-6,9-10,15H,1,7-8,11-14H2,2H3,(H2,25,30)(H,26,31). The van der Waals surface area contributed by atoms with Gasteiger partial charge in [-0.15, -0.1) is 28.1 Å². The zero-order valence-corrected chi connectivity index (χ0v) is 22.2. The number of thioether (sulfide) groups is 1. The summed E-state index contributed by atoms with van der Waals surface area (Å²) in [6.07, 6.45) is 5.31. The quantitative estimate of drug-likeness (QED) is 0.293. The first-order valence-corrected chi connectivity index (χ1v) is 14.8. The number of fused-ring (bicyclic) bond motifs is 1. The maximum Gasteiger partial charge on any atom is 0.251 e. The molecule has 0 saturated carbocycles. The molecule has 0 aliphatic heterocycles. The average molecular weight is 546 g/mol. The van der Waals surface area contributed by atoms with Crippen LogP contribution in [0.3, 0.4) is 0 Å².